The topological polar surface area (TPSA) is 17.8 Å². The van der Waals surface area contributed by atoms with Crippen LogP contribution in [0.15, 0.2) is 0 Å². The van der Waals surface area contributed by atoms with E-state index in [0.717, 1.165) is 24.1 Å². The van der Waals surface area contributed by atoms with E-state index in [2.05, 4.69) is 12.0 Å². The molecule has 0 saturated heterocycles. The normalized spacial score (nSPS) is 11.2. The van der Waals surface area contributed by atoms with Crippen LogP contribution in [-0.2, 0) is 13.5 Å². The van der Waals surface area contributed by atoms with Gasteiger partial charge in [-0.1, -0.05) is 27.2 Å². The highest BCUT2D eigenvalue weighted by Crippen LogP contribution is 2.22. The van der Waals surface area contributed by atoms with Gasteiger partial charge in [-0.05, 0) is 12.3 Å². The van der Waals surface area contributed by atoms with Crippen molar-refractivity contribution in [3.05, 3.63) is 17.2 Å². The molecule has 0 radical (unpaired) electrons. The molecule has 1 aromatic heterocycles. The SMILES string of the molecule is CCCc1nn(C)c(F)c1C(C)C. The van der Waals surface area contributed by atoms with Gasteiger partial charge in [-0.25, -0.2) is 4.68 Å². The van der Waals surface area contributed by atoms with Crippen LogP contribution in [0.2, 0.25) is 0 Å². The summed E-state index contributed by atoms with van der Waals surface area (Å²) in [6.45, 7) is 6.08. The minimum Gasteiger partial charge on any atom is -0.242 e. The Hall–Kier alpha value is -0.860. The Labute approximate surface area is 78.8 Å². The molecule has 3 heteroatoms. The first kappa shape index (κ1) is 10.2. The van der Waals surface area contributed by atoms with Gasteiger partial charge in [-0.3, -0.25) is 0 Å². The van der Waals surface area contributed by atoms with E-state index in [4.69, 9.17) is 0 Å². The quantitative estimate of drug-likeness (QED) is 0.706. The second-order valence-corrected chi connectivity index (χ2v) is 3.68. The molecule has 1 aromatic rings. The van der Waals surface area contributed by atoms with E-state index in [0.29, 0.717) is 0 Å². The Morgan fingerprint density at radius 1 is 1.46 bits per heavy atom. The Morgan fingerprint density at radius 3 is 2.54 bits per heavy atom. The minimum atomic E-state index is -0.182. The average Bonchev–Trinajstić information content (AvgIpc) is 2.28. The highest BCUT2D eigenvalue weighted by Gasteiger charge is 2.17. The summed E-state index contributed by atoms with van der Waals surface area (Å²) in [5.74, 6) is 0.0358. The number of rotatable bonds is 3. The van der Waals surface area contributed by atoms with Crippen LogP contribution < -0.4 is 0 Å². The molecule has 0 unspecified atom stereocenters. The molecule has 0 N–H and O–H groups in total. The maximum Gasteiger partial charge on any atom is 0.214 e. The van der Waals surface area contributed by atoms with E-state index >= 15 is 0 Å². The van der Waals surface area contributed by atoms with Crippen molar-refractivity contribution in [3.8, 4) is 0 Å². The van der Waals surface area contributed by atoms with Crippen LogP contribution in [0.5, 0.6) is 0 Å². The van der Waals surface area contributed by atoms with Crippen molar-refractivity contribution in [2.45, 2.75) is 39.5 Å². The lowest BCUT2D eigenvalue weighted by atomic mass is 10.0. The predicted molar refractivity (Wildman–Crippen MR) is 51.3 cm³/mol. The molecule has 13 heavy (non-hydrogen) atoms. The molecule has 0 fully saturated rings. The van der Waals surface area contributed by atoms with Crippen LogP contribution in [0.4, 0.5) is 4.39 Å². The summed E-state index contributed by atoms with van der Waals surface area (Å²) in [4.78, 5) is 0. The largest absolute Gasteiger partial charge is 0.242 e. The van der Waals surface area contributed by atoms with E-state index < -0.39 is 0 Å². The molecule has 2 nitrogen and oxygen atoms in total. The Bertz CT molecular complexity index is 289. The fourth-order valence-electron chi connectivity index (χ4n) is 1.57. The zero-order chi connectivity index (χ0) is 10.0. The van der Waals surface area contributed by atoms with E-state index in [1.165, 1.54) is 4.68 Å². The maximum atomic E-state index is 13.5. The van der Waals surface area contributed by atoms with Crippen LogP contribution in [0, 0.1) is 5.95 Å². The lowest BCUT2D eigenvalue weighted by Gasteiger charge is -2.03. The van der Waals surface area contributed by atoms with Crippen LogP contribution in [0.3, 0.4) is 0 Å². The van der Waals surface area contributed by atoms with Crippen LogP contribution in [0.25, 0.3) is 0 Å². The number of aromatic nitrogens is 2. The summed E-state index contributed by atoms with van der Waals surface area (Å²) in [6, 6.07) is 0. The summed E-state index contributed by atoms with van der Waals surface area (Å²) in [6.07, 6.45) is 1.88. The monoisotopic (exact) mass is 184 g/mol. The van der Waals surface area contributed by atoms with Crippen molar-refractivity contribution in [1.29, 1.82) is 0 Å². The van der Waals surface area contributed by atoms with E-state index in [9.17, 15) is 4.39 Å². The smallest absolute Gasteiger partial charge is 0.214 e. The Morgan fingerprint density at radius 2 is 2.08 bits per heavy atom. The molecule has 0 spiro atoms. The second-order valence-electron chi connectivity index (χ2n) is 3.68. The van der Waals surface area contributed by atoms with Crippen molar-refractivity contribution in [2.24, 2.45) is 7.05 Å². The molecule has 0 aromatic carbocycles. The number of hydrogen-bond acceptors (Lipinski definition) is 1. The van der Waals surface area contributed by atoms with Crippen molar-refractivity contribution >= 4 is 0 Å². The van der Waals surface area contributed by atoms with Crippen LogP contribution >= 0.6 is 0 Å². The molecule has 0 bridgehead atoms. The first-order chi connectivity index (χ1) is 6.07. The second kappa shape index (κ2) is 3.90. The average molecular weight is 184 g/mol. The molecule has 0 aliphatic heterocycles. The first-order valence-electron chi connectivity index (χ1n) is 4.79. The molecule has 1 rings (SSSR count). The van der Waals surface area contributed by atoms with E-state index in [1.807, 2.05) is 13.8 Å². The fourth-order valence-corrected chi connectivity index (χ4v) is 1.57. The van der Waals surface area contributed by atoms with Gasteiger partial charge in [0.05, 0.1) is 5.69 Å². The molecule has 0 atom stereocenters. The molecule has 0 aliphatic rings. The Kier molecular flexibility index (Phi) is 3.07. The summed E-state index contributed by atoms with van der Waals surface area (Å²) in [5, 5.41) is 4.16. The number of hydrogen-bond donors (Lipinski definition) is 0. The molecule has 0 amide bonds. The van der Waals surface area contributed by atoms with Gasteiger partial charge in [-0.2, -0.15) is 9.49 Å². The summed E-state index contributed by atoms with van der Waals surface area (Å²) in [5.41, 5.74) is 1.70. The molecular formula is C10H17FN2. The fraction of sp³-hybridized carbons (Fsp3) is 0.700. The lowest BCUT2D eigenvalue weighted by molar-refractivity contribution is 0.490. The molecule has 1 heterocycles. The predicted octanol–water partition coefficient (Wildman–Crippen LogP) is 2.64. The lowest BCUT2D eigenvalue weighted by Crippen LogP contribution is -1.96. The third-order valence-corrected chi connectivity index (χ3v) is 2.15. The minimum absolute atomic E-state index is 0.182. The molecular weight excluding hydrogens is 167 g/mol. The third-order valence-electron chi connectivity index (χ3n) is 2.15. The van der Waals surface area contributed by atoms with Gasteiger partial charge in [-0.15, -0.1) is 0 Å². The van der Waals surface area contributed by atoms with Gasteiger partial charge in [0.2, 0.25) is 5.95 Å². The van der Waals surface area contributed by atoms with E-state index in [-0.39, 0.29) is 11.9 Å². The molecule has 0 saturated carbocycles. The number of halogens is 1. The zero-order valence-corrected chi connectivity index (χ0v) is 8.76. The first-order valence-corrected chi connectivity index (χ1v) is 4.79. The maximum absolute atomic E-state index is 13.5. The van der Waals surface area contributed by atoms with Gasteiger partial charge >= 0.3 is 0 Å². The van der Waals surface area contributed by atoms with Gasteiger partial charge in [0, 0.05) is 12.6 Å². The van der Waals surface area contributed by atoms with Crippen LogP contribution in [-0.4, -0.2) is 9.78 Å². The van der Waals surface area contributed by atoms with Crippen molar-refractivity contribution in [3.63, 3.8) is 0 Å². The van der Waals surface area contributed by atoms with Gasteiger partial charge in [0.1, 0.15) is 0 Å². The zero-order valence-electron chi connectivity index (χ0n) is 8.76. The van der Waals surface area contributed by atoms with E-state index in [1.54, 1.807) is 7.05 Å². The van der Waals surface area contributed by atoms with Gasteiger partial charge in [0.15, 0.2) is 0 Å². The van der Waals surface area contributed by atoms with Gasteiger partial charge in [0.25, 0.3) is 0 Å². The van der Waals surface area contributed by atoms with Crippen LogP contribution in [0.1, 0.15) is 44.4 Å². The molecule has 74 valence electrons. The van der Waals surface area contributed by atoms with Crippen molar-refractivity contribution in [1.82, 2.24) is 9.78 Å². The summed E-state index contributed by atoms with van der Waals surface area (Å²) in [7, 11) is 1.65. The summed E-state index contributed by atoms with van der Waals surface area (Å²) >= 11 is 0. The van der Waals surface area contributed by atoms with Crippen molar-refractivity contribution in [2.75, 3.05) is 0 Å². The summed E-state index contributed by atoms with van der Waals surface area (Å²) < 4.78 is 14.8. The number of nitrogens with zero attached hydrogens (tertiary/aromatic N) is 2. The van der Waals surface area contributed by atoms with Crippen molar-refractivity contribution < 1.29 is 4.39 Å². The standard InChI is InChI=1S/C10H17FN2/c1-5-6-8-9(7(2)3)10(11)13(4)12-8/h7H,5-6H2,1-4H3. The highest BCUT2D eigenvalue weighted by molar-refractivity contribution is 5.22. The number of aryl methyl sites for hydroxylation is 2. The highest BCUT2D eigenvalue weighted by atomic mass is 19.1. The Balaban J connectivity index is 3.11. The third kappa shape index (κ3) is 1.90. The molecule has 0 aliphatic carbocycles. The van der Waals surface area contributed by atoms with Gasteiger partial charge < -0.3 is 0 Å².